The predicted molar refractivity (Wildman–Crippen MR) is 78.7 cm³/mol. The first kappa shape index (κ1) is 14.5. The minimum absolute atomic E-state index is 0.134. The first-order valence-electron chi connectivity index (χ1n) is 7.61. The molecular formula is C17H26FN. The molecule has 0 bridgehead atoms. The van der Waals surface area contributed by atoms with E-state index in [4.69, 9.17) is 0 Å². The fourth-order valence-corrected chi connectivity index (χ4v) is 3.20. The molecule has 0 saturated heterocycles. The van der Waals surface area contributed by atoms with Crippen molar-refractivity contribution >= 4 is 0 Å². The van der Waals surface area contributed by atoms with Gasteiger partial charge in [-0.15, -0.1) is 0 Å². The Bertz CT molecular complexity index is 391. The average Bonchev–Trinajstić information content (AvgIpc) is 2.36. The first-order chi connectivity index (χ1) is 9.13. The molecule has 1 aliphatic rings. The van der Waals surface area contributed by atoms with Crippen LogP contribution in [0.3, 0.4) is 0 Å². The molecule has 19 heavy (non-hydrogen) atoms. The second-order valence-corrected chi connectivity index (χ2v) is 6.28. The van der Waals surface area contributed by atoms with Gasteiger partial charge in [-0.05, 0) is 62.3 Å². The van der Waals surface area contributed by atoms with Crippen molar-refractivity contribution < 1.29 is 4.39 Å². The van der Waals surface area contributed by atoms with E-state index in [2.05, 4.69) is 19.2 Å². The van der Waals surface area contributed by atoms with Gasteiger partial charge in [0.25, 0.3) is 0 Å². The smallest absolute Gasteiger partial charge is 0.123 e. The Morgan fingerprint density at radius 3 is 2.95 bits per heavy atom. The molecule has 3 unspecified atom stereocenters. The van der Waals surface area contributed by atoms with Crippen LogP contribution in [0.15, 0.2) is 24.3 Å². The van der Waals surface area contributed by atoms with E-state index in [0.29, 0.717) is 6.04 Å². The van der Waals surface area contributed by atoms with Gasteiger partial charge >= 0.3 is 0 Å². The summed E-state index contributed by atoms with van der Waals surface area (Å²) in [6, 6.07) is 7.36. The lowest BCUT2D eigenvalue weighted by Gasteiger charge is -2.28. The van der Waals surface area contributed by atoms with Crippen molar-refractivity contribution in [2.45, 2.75) is 52.0 Å². The zero-order valence-corrected chi connectivity index (χ0v) is 12.2. The highest BCUT2D eigenvalue weighted by Gasteiger charge is 2.19. The minimum atomic E-state index is -0.134. The molecule has 0 aromatic heterocycles. The zero-order chi connectivity index (χ0) is 13.7. The van der Waals surface area contributed by atoms with E-state index in [1.165, 1.54) is 31.7 Å². The Hall–Kier alpha value is -0.890. The molecule has 2 rings (SSSR count). The van der Waals surface area contributed by atoms with Crippen LogP contribution in [0.5, 0.6) is 0 Å². The van der Waals surface area contributed by atoms with Crippen LogP contribution in [0, 0.1) is 17.7 Å². The van der Waals surface area contributed by atoms with Crippen LogP contribution >= 0.6 is 0 Å². The van der Waals surface area contributed by atoms with Gasteiger partial charge in [-0.2, -0.15) is 0 Å². The van der Waals surface area contributed by atoms with E-state index < -0.39 is 0 Å². The average molecular weight is 263 g/mol. The van der Waals surface area contributed by atoms with Crippen LogP contribution in [0.4, 0.5) is 4.39 Å². The summed E-state index contributed by atoms with van der Waals surface area (Å²) in [7, 11) is 0. The third-order valence-corrected chi connectivity index (χ3v) is 4.23. The summed E-state index contributed by atoms with van der Waals surface area (Å²) >= 11 is 0. The number of rotatable bonds is 5. The van der Waals surface area contributed by atoms with Crippen LogP contribution in [0.1, 0.15) is 45.1 Å². The van der Waals surface area contributed by atoms with Crippen molar-refractivity contribution in [3.8, 4) is 0 Å². The lowest BCUT2D eigenvalue weighted by molar-refractivity contribution is 0.268. The topological polar surface area (TPSA) is 12.0 Å². The second kappa shape index (κ2) is 7.04. The molecule has 1 N–H and O–H groups in total. The lowest BCUT2D eigenvalue weighted by Crippen LogP contribution is -2.34. The number of halogens is 1. The summed E-state index contributed by atoms with van der Waals surface area (Å²) in [5, 5.41) is 3.62. The van der Waals surface area contributed by atoms with Gasteiger partial charge in [0, 0.05) is 6.04 Å². The summed E-state index contributed by atoms with van der Waals surface area (Å²) in [5.74, 6) is 1.59. The van der Waals surface area contributed by atoms with Crippen molar-refractivity contribution in [2.75, 3.05) is 6.54 Å². The number of hydrogen-bond donors (Lipinski definition) is 1. The zero-order valence-electron chi connectivity index (χ0n) is 12.2. The van der Waals surface area contributed by atoms with Gasteiger partial charge in [-0.3, -0.25) is 0 Å². The largest absolute Gasteiger partial charge is 0.314 e. The van der Waals surface area contributed by atoms with E-state index in [9.17, 15) is 4.39 Å². The predicted octanol–water partition coefficient (Wildman–Crippen LogP) is 4.17. The summed E-state index contributed by atoms with van der Waals surface area (Å²) in [6.45, 7) is 5.67. The Morgan fingerprint density at radius 2 is 2.21 bits per heavy atom. The van der Waals surface area contributed by atoms with E-state index in [1.807, 2.05) is 6.07 Å². The Balaban J connectivity index is 1.73. The summed E-state index contributed by atoms with van der Waals surface area (Å²) in [5.41, 5.74) is 1.08. The highest BCUT2D eigenvalue weighted by Crippen LogP contribution is 2.28. The molecule has 1 aromatic rings. The third-order valence-electron chi connectivity index (χ3n) is 4.23. The fraction of sp³-hybridized carbons (Fsp3) is 0.647. The molecule has 2 heteroatoms. The monoisotopic (exact) mass is 263 g/mol. The maximum atomic E-state index is 13.1. The molecule has 1 nitrogen and oxygen atoms in total. The van der Waals surface area contributed by atoms with Gasteiger partial charge < -0.3 is 5.32 Å². The number of nitrogens with one attached hydrogen (secondary N) is 1. The molecule has 3 atom stereocenters. The van der Waals surface area contributed by atoms with E-state index >= 15 is 0 Å². The van der Waals surface area contributed by atoms with E-state index in [1.54, 1.807) is 12.1 Å². The number of benzene rings is 1. The molecule has 106 valence electrons. The van der Waals surface area contributed by atoms with Crippen LogP contribution < -0.4 is 5.32 Å². The quantitative estimate of drug-likeness (QED) is 0.840. The molecule has 0 radical (unpaired) electrons. The van der Waals surface area contributed by atoms with Crippen molar-refractivity contribution in [3.05, 3.63) is 35.6 Å². The second-order valence-electron chi connectivity index (χ2n) is 6.28. The Labute approximate surface area is 116 Å². The minimum Gasteiger partial charge on any atom is -0.314 e. The highest BCUT2D eigenvalue weighted by molar-refractivity contribution is 5.17. The summed E-state index contributed by atoms with van der Waals surface area (Å²) in [4.78, 5) is 0. The van der Waals surface area contributed by atoms with Crippen molar-refractivity contribution in [3.63, 3.8) is 0 Å². The molecule has 1 aromatic carbocycles. The van der Waals surface area contributed by atoms with Gasteiger partial charge in [0.15, 0.2) is 0 Å². The van der Waals surface area contributed by atoms with Crippen LogP contribution in [0.25, 0.3) is 0 Å². The van der Waals surface area contributed by atoms with Crippen LogP contribution in [-0.4, -0.2) is 12.6 Å². The summed E-state index contributed by atoms with van der Waals surface area (Å²) in [6.07, 6.45) is 6.41. The molecule has 0 amide bonds. The third kappa shape index (κ3) is 4.94. The highest BCUT2D eigenvalue weighted by atomic mass is 19.1. The number of hydrogen-bond acceptors (Lipinski definition) is 1. The molecule has 1 fully saturated rings. The van der Waals surface area contributed by atoms with Gasteiger partial charge in [-0.1, -0.05) is 31.9 Å². The van der Waals surface area contributed by atoms with Crippen LogP contribution in [0.2, 0.25) is 0 Å². The standard InChI is InChI=1S/C17H26FN/c1-13-5-3-7-16(9-13)12-19-14(2)10-15-6-4-8-17(18)11-15/h4,6,8,11,13-14,16,19H,3,5,7,9-10,12H2,1-2H3. The molecule has 1 saturated carbocycles. The molecule has 1 aliphatic carbocycles. The SMILES string of the molecule is CC1CCCC(CNC(C)Cc2cccc(F)c2)C1. The fourth-order valence-electron chi connectivity index (χ4n) is 3.20. The molecule has 0 aliphatic heterocycles. The maximum absolute atomic E-state index is 13.1. The van der Waals surface area contributed by atoms with Crippen molar-refractivity contribution in [1.29, 1.82) is 0 Å². The van der Waals surface area contributed by atoms with Crippen molar-refractivity contribution in [1.82, 2.24) is 5.32 Å². The van der Waals surface area contributed by atoms with E-state index in [-0.39, 0.29) is 5.82 Å². The van der Waals surface area contributed by atoms with Gasteiger partial charge in [0.2, 0.25) is 0 Å². The molecule has 0 spiro atoms. The Morgan fingerprint density at radius 1 is 1.37 bits per heavy atom. The maximum Gasteiger partial charge on any atom is 0.123 e. The van der Waals surface area contributed by atoms with E-state index in [0.717, 1.165) is 30.4 Å². The summed E-state index contributed by atoms with van der Waals surface area (Å²) < 4.78 is 13.1. The molecule has 0 heterocycles. The van der Waals surface area contributed by atoms with Crippen LogP contribution in [-0.2, 0) is 6.42 Å². The first-order valence-corrected chi connectivity index (χ1v) is 7.61. The molecular weight excluding hydrogens is 237 g/mol. The van der Waals surface area contributed by atoms with Crippen molar-refractivity contribution in [2.24, 2.45) is 11.8 Å². The normalized spacial score (nSPS) is 25.2. The van der Waals surface area contributed by atoms with Gasteiger partial charge in [0.1, 0.15) is 5.82 Å². The Kier molecular flexibility index (Phi) is 5.38. The van der Waals surface area contributed by atoms with Gasteiger partial charge in [0.05, 0.1) is 0 Å². The lowest BCUT2D eigenvalue weighted by atomic mass is 9.82. The van der Waals surface area contributed by atoms with Gasteiger partial charge in [-0.25, -0.2) is 4.39 Å².